The highest BCUT2D eigenvalue weighted by Crippen LogP contribution is 2.37. The average Bonchev–Trinajstić information content (AvgIpc) is 3.16. The fourth-order valence-corrected chi connectivity index (χ4v) is 4.69. The first-order valence-electron chi connectivity index (χ1n) is 7.40. The summed E-state index contributed by atoms with van der Waals surface area (Å²) in [6.45, 7) is 1.85. The summed E-state index contributed by atoms with van der Waals surface area (Å²) < 4.78 is 3.85. The Morgan fingerprint density at radius 3 is 2.58 bits per heavy atom. The van der Waals surface area contributed by atoms with Gasteiger partial charge < -0.3 is 0 Å². The molecule has 0 unspecified atom stereocenters. The van der Waals surface area contributed by atoms with Crippen molar-refractivity contribution in [1.29, 1.82) is 0 Å². The molecule has 118 valence electrons. The second-order valence-corrected chi connectivity index (χ2v) is 7.49. The summed E-state index contributed by atoms with van der Waals surface area (Å²) in [7, 11) is 0. The highest BCUT2D eigenvalue weighted by Gasteiger charge is 2.19. The molecule has 0 amide bonds. The van der Waals surface area contributed by atoms with Crippen LogP contribution in [0.25, 0.3) is 15.9 Å². The Balaban J connectivity index is 1.83. The number of benzene rings is 2. The van der Waals surface area contributed by atoms with Gasteiger partial charge in [0.05, 0.1) is 27.2 Å². The third-order valence-corrected chi connectivity index (χ3v) is 5.82. The average molecular weight is 351 g/mol. The molecule has 2 aromatic heterocycles. The van der Waals surface area contributed by atoms with Crippen molar-refractivity contribution < 1.29 is 4.79 Å². The molecular formula is C18H13N3OS2. The Labute approximate surface area is 147 Å². The van der Waals surface area contributed by atoms with E-state index in [4.69, 9.17) is 0 Å². The number of hydrogen-bond donors (Lipinski definition) is 0. The van der Waals surface area contributed by atoms with E-state index < -0.39 is 0 Å². The number of aldehydes is 1. The standard InChI is InChI=1S/C18H13N3OS2/c1-12-14(11-22)17(21(20-12)13-7-3-2-4-8-13)24-18-19-15-9-5-6-10-16(15)23-18/h2-11H,1H3. The largest absolute Gasteiger partial charge is 0.298 e. The van der Waals surface area contributed by atoms with Gasteiger partial charge in [0, 0.05) is 0 Å². The van der Waals surface area contributed by atoms with E-state index in [9.17, 15) is 4.79 Å². The van der Waals surface area contributed by atoms with Crippen LogP contribution in [0.4, 0.5) is 0 Å². The van der Waals surface area contributed by atoms with Crippen molar-refractivity contribution in [2.45, 2.75) is 16.3 Å². The van der Waals surface area contributed by atoms with Crippen molar-refractivity contribution >= 4 is 39.6 Å². The Kier molecular flexibility index (Phi) is 3.92. The third kappa shape index (κ3) is 2.64. The number of carbonyl (C=O) groups is 1. The van der Waals surface area contributed by atoms with Crippen molar-refractivity contribution in [3.05, 3.63) is 65.9 Å². The quantitative estimate of drug-likeness (QED) is 0.498. The zero-order valence-electron chi connectivity index (χ0n) is 12.8. The van der Waals surface area contributed by atoms with Crippen molar-refractivity contribution in [2.75, 3.05) is 0 Å². The van der Waals surface area contributed by atoms with Gasteiger partial charge >= 0.3 is 0 Å². The van der Waals surface area contributed by atoms with E-state index >= 15 is 0 Å². The molecule has 6 heteroatoms. The molecule has 2 aromatic carbocycles. The van der Waals surface area contributed by atoms with E-state index in [1.165, 1.54) is 11.8 Å². The van der Waals surface area contributed by atoms with Crippen LogP contribution in [0.1, 0.15) is 16.1 Å². The Morgan fingerprint density at radius 2 is 1.83 bits per heavy atom. The van der Waals surface area contributed by atoms with Gasteiger partial charge in [-0.05, 0) is 43.0 Å². The fraction of sp³-hybridized carbons (Fsp3) is 0.0556. The zero-order valence-corrected chi connectivity index (χ0v) is 14.5. The summed E-state index contributed by atoms with van der Waals surface area (Å²) in [6, 6.07) is 17.9. The van der Waals surface area contributed by atoms with Crippen LogP contribution in [-0.2, 0) is 0 Å². The van der Waals surface area contributed by atoms with Crippen LogP contribution in [0.5, 0.6) is 0 Å². The second-order valence-electron chi connectivity index (χ2n) is 5.22. The number of carbonyl (C=O) groups excluding carboxylic acids is 1. The highest BCUT2D eigenvalue weighted by atomic mass is 32.2. The first-order chi connectivity index (χ1) is 11.8. The van der Waals surface area contributed by atoms with Gasteiger partial charge in [-0.15, -0.1) is 11.3 Å². The number of aryl methyl sites for hydroxylation is 1. The van der Waals surface area contributed by atoms with Gasteiger partial charge in [0.15, 0.2) is 10.6 Å². The van der Waals surface area contributed by atoms with Gasteiger partial charge in [-0.3, -0.25) is 4.79 Å². The van der Waals surface area contributed by atoms with Crippen LogP contribution in [0.3, 0.4) is 0 Å². The maximum atomic E-state index is 11.6. The fourth-order valence-electron chi connectivity index (χ4n) is 2.47. The molecule has 0 aliphatic heterocycles. The minimum atomic E-state index is 0.614. The molecule has 4 rings (SSSR count). The first kappa shape index (κ1) is 15.1. The lowest BCUT2D eigenvalue weighted by atomic mass is 10.3. The molecule has 0 N–H and O–H groups in total. The normalized spacial score (nSPS) is 11.0. The molecule has 2 heterocycles. The summed E-state index contributed by atoms with van der Waals surface area (Å²) >= 11 is 3.10. The molecule has 4 nitrogen and oxygen atoms in total. The lowest BCUT2D eigenvalue weighted by Gasteiger charge is -2.06. The highest BCUT2D eigenvalue weighted by molar-refractivity contribution is 8.01. The maximum Gasteiger partial charge on any atom is 0.157 e. The van der Waals surface area contributed by atoms with Crippen molar-refractivity contribution in [1.82, 2.24) is 14.8 Å². The Morgan fingerprint density at radius 1 is 1.08 bits per heavy atom. The van der Waals surface area contributed by atoms with Gasteiger partial charge in [-0.2, -0.15) is 5.10 Å². The van der Waals surface area contributed by atoms with Gasteiger partial charge in [-0.25, -0.2) is 9.67 Å². The Hall–Kier alpha value is -2.44. The summed E-state index contributed by atoms with van der Waals surface area (Å²) in [4.78, 5) is 16.2. The number of hydrogen-bond acceptors (Lipinski definition) is 5. The van der Waals surface area contributed by atoms with Crippen LogP contribution in [-0.4, -0.2) is 21.1 Å². The van der Waals surface area contributed by atoms with E-state index in [0.717, 1.165) is 37.2 Å². The number of thiazole rings is 1. The van der Waals surface area contributed by atoms with Crippen LogP contribution in [0.2, 0.25) is 0 Å². The van der Waals surface area contributed by atoms with E-state index in [2.05, 4.69) is 16.1 Å². The van der Waals surface area contributed by atoms with Crippen molar-refractivity contribution in [3.63, 3.8) is 0 Å². The zero-order chi connectivity index (χ0) is 16.5. The molecule has 0 spiro atoms. The van der Waals surface area contributed by atoms with Crippen LogP contribution in [0.15, 0.2) is 64.0 Å². The topological polar surface area (TPSA) is 47.8 Å². The monoisotopic (exact) mass is 351 g/mol. The maximum absolute atomic E-state index is 11.6. The molecule has 4 aromatic rings. The number of para-hydroxylation sites is 2. The van der Waals surface area contributed by atoms with Gasteiger partial charge in [-0.1, -0.05) is 30.3 Å². The molecule has 0 aliphatic carbocycles. The van der Waals surface area contributed by atoms with E-state index in [1.54, 1.807) is 11.3 Å². The summed E-state index contributed by atoms with van der Waals surface area (Å²) in [5.74, 6) is 0. The molecule has 24 heavy (non-hydrogen) atoms. The molecule has 0 atom stereocenters. The number of fused-ring (bicyclic) bond motifs is 1. The summed E-state index contributed by atoms with van der Waals surface area (Å²) in [5, 5.41) is 5.34. The summed E-state index contributed by atoms with van der Waals surface area (Å²) in [5.41, 5.74) is 3.23. The minimum absolute atomic E-state index is 0.614. The molecule has 0 aliphatic rings. The first-order valence-corrected chi connectivity index (χ1v) is 9.03. The Bertz CT molecular complexity index is 988. The molecule has 0 saturated heterocycles. The third-order valence-electron chi connectivity index (χ3n) is 3.64. The summed E-state index contributed by atoms with van der Waals surface area (Å²) in [6.07, 6.45) is 0.872. The number of aromatic nitrogens is 3. The van der Waals surface area contributed by atoms with E-state index in [-0.39, 0.29) is 0 Å². The molecule has 0 bridgehead atoms. The van der Waals surface area contributed by atoms with E-state index in [1.807, 2.05) is 60.1 Å². The van der Waals surface area contributed by atoms with Gasteiger partial charge in [0.25, 0.3) is 0 Å². The van der Waals surface area contributed by atoms with Crippen molar-refractivity contribution in [3.8, 4) is 5.69 Å². The smallest absolute Gasteiger partial charge is 0.157 e. The molecule has 0 fully saturated rings. The lowest BCUT2D eigenvalue weighted by Crippen LogP contribution is -1.98. The number of nitrogens with zero attached hydrogens (tertiary/aromatic N) is 3. The van der Waals surface area contributed by atoms with Crippen LogP contribution < -0.4 is 0 Å². The minimum Gasteiger partial charge on any atom is -0.298 e. The van der Waals surface area contributed by atoms with Crippen molar-refractivity contribution in [2.24, 2.45) is 0 Å². The SMILES string of the molecule is Cc1nn(-c2ccccc2)c(Sc2nc3ccccc3s2)c1C=O. The molecule has 0 saturated carbocycles. The van der Waals surface area contributed by atoms with Crippen LogP contribution >= 0.6 is 23.1 Å². The number of rotatable bonds is 4. The van der Waals surface area contributed by atoms with E-state index in [0.29, 0.717) is 5.56 Å². The van der Waals surface area contributed by atoms with Crippen LogP contribution in [0, 0.1) is 6.92 Å². The van der Waals surface area contributed by atoms with Gasteiger partial charge in [0.1, 0.15) is 5.03 Å². The second kappa shape index (κ2) is 6.22. The predicted octanol–water partition coefficient (Wildman–Crippen LogP) is 4.75. The van der Waals surface area contributed by atoms with Gasteiger partial charge in [0.2, 0.25) is 0 Å². The predicted molar refractivity (Wildman–Crippen MR) is 97.4 cm³/mol. The molecule has 0 radical (unpaired) electrons. The molecular weight excluding hydrogens is 338 g/mol. The lowest BCUT2D eigenvalue weighted by molar-refractivity contribution is 0.112.